The van der Waals surface area contributed by atoms with Crippen LogP contribution in [0.25, 0.3) is 0 Å². The van der Waals surface area contributed by atoms with Crippen molar-refractivity contribution >= 4 is 0 Å². The largest absolute Gasteiger partial charge is 0.205 e. The van der Waals surface area contributed by atoms with E-state index < -0.39 is 0 Å². The smallest absolute Gasteiger partial charge is 0.169 e. The van der Waals surface area contributed by atoms with E-state index in [9.17, 15) is 0 Å². The molecule has 2 rings (SSSR count). The van der Waals surface area contributed by atoms with Gasteiger partial charge in [0.1, 0.15) is 6.54 Å². The second-order valence-electron chi connectivity index (χ2n) is 6.51. The molecule has 1 aromatic heterocycles. The van der Waals surface area contributed by atoms with E-state index in [1.54, 1.807) is 0 Å². The number of rotatable bonds is 10. The maximum atomic E-state index is 2.33. The molecule has 0 aliphatic rings. The van der Waals surface area contributed by atoms with Crippen molar-refractivity contribution in [1.29, 1.82) is 0 Å². The maximum absolute atomic E-state index is 2.33. The molecule has 0 saturated carbocycles. The van der Waals surface area contributed by atoms with Crippen LogP contribution in [0.2, 0.25) is 0 Å². The Hall–Kier alpha value is -1.63. The van der Waals surface area contributed by atoms with Gasteiger partial charge in [0, 0.05) is 24.5 Å². The van der Waals surface area contributed by atoms with Gasteiger partial charge in [0.05, 0.1) is 0 Å². The van der Waals surface area contributed by atoms with E-state index in [1.165, 1.54) is 49.7 Å². The van der Waals surface area contributed by atoms with Crippen LogP contribution in [0.4, 0.5) is 0 Å². The minimum Gasteiger partial charge on any atom is -0.205 e. The summed E-state index contributed by atoms with van der Waals surface area (Å²) in [5.74, 6) is 0.514. The number of nitrogens with zero attached hydrogens (tertiary/aromatic N) is 1. The number of aryl methyl sites for hydroxylation is 1. The predicted molar refractivity (Wildman–Crippen MR) is 98.6 cm³/mol. The summed E-state index contributed by atoms with van der Waals surface area (Å²) in [5, 5.41) is 0. The van der Waals surface area contributed by atoms with Crippen molar-refractivity contribution in [3.63, 3.8) is 0 Å². The first-order valence-electron chi connectivity index (χ1n) is 9.39. The minimum absolute atomic E-state index is 0.514. The summed E-state index contributed by atoms with van der Waals surface area (Å²) in [7, 11) is 0. The Balaban J connectivity index is 1.86. The minimum atomic E-state index is 0.514. The van der Waals surface area contributed by atoms with Crippen LogP contribution >= 0.6 is 0 Å². The summed E-state index contributed by atoms with van der Waals surface area (Å²) in [5.41, 5.74) is 2.85. The standard InChI is InChI=1S/C22H32N/c1-3-5-6-7-8-12-17-23-18-15-21(16-19-23)22(4-2)20-13-10-9-11-14-20/h9-11,13-16,18-19,22H,3-8,12,17H2,1-2H3/q+1. The van der Waals surface area contributed by atoms with Crippen LogP contribution in [0, 0.1) is 0 Å². The summed E-state index contributed by atoms with van der Waals surface area (Å²) >= 11 is 0. The van der Waals surface area contributed by atoms with Gasteiger partial charge in [-0.15, -0.1) is 0 Å². The summed E-state index contributed by atoms with van der Waals surface area (Å²) in [4.78, 5) is 0. The first-order chi connectivity index (χ1) is 11.3. The lowest BCUT2D eigenvalue weighted by Crippen LogP contribution is -2.32. The maximum Gasteiger partial charge on any atom is 0.169 e. The molecule has 0 amide bonds. The van der Waals surface area contributed by atoms with Crippen molar-refractivity contribution in [3.8, 4) is 0 Å². The zero-order valence-corrected chi connectivity index (χ0v) is 14.9. The van der Waals surface area contributed by atoms with Gasteiger partial charge in [-0.3, -0.25) is 0 Å². The van der Waals surface area contributed by atoms with Gasteiger partial charge in [0.2, 0.25) is 0 Å². The third-order valence-electron chi connectivity index (χ3n) is 4.70. The van der Waals surface area contributed by atoms with Gasteiger partial charge in [0.25, 0.3) is 0 Å². The molecule has 1 unspecified atom stereocenters. The van der Waals surface area contributed by atoms with E-state index in [1.807, 2.05) is 0 Å². The molecule has 0 aliphatic carbocycles. The van der Waals surface area contributed by atoms with Crippen LogP contribution in [-0.4, -0.2) is 0 Å². The number of aromatic nitrogens is 1. The van der Waals surface area contributed by atoms with Gasteiger partial charge in [0.15, 0.2) is 12.4 Å². The van der Waals surface area contributed by atoms with Crippen molar-refractivity contribution in [3.05, 3.63) is 66.0 Å². The molecular weight excluding hydrogens is 278 g/mol. The second kappa shape index (κ2) is 10.2. The Morgan fingerprint density at radius 3 is 2.00 bits per heavy atom. The van der Waals surface area contributed by atoms with Gasteiger partial charge in [-0.05, 0) is 24.0 Å². The summed E-state index contributed by atoms with van der Waals surface area (Å²) in [6.45, 7) is 5.69. The van der Waals surface area contributed by atoms with Crippen LogP contribution in [0.3, 0.4) is 0 Å². The fourth-order valence-corrected chi connectivity index (χ4v) is 3.27. The Kier molecular flexibility index (Phi) is 7.86. The highest BCUT2D eigenvalue weighted by atomic mass is 14.9. The van der Waals surface area contributed by atoms with E-state index in [-0.39, 0.29) is 0 Å². The molecule has 2 aromatic rings. The highest BCUT2D eigenvalue weighted by Gasteiger charge is 2.13. The topological polar surface area (TPSA) is 3.88 Å². The van der Waals surface area contributed by atoms with E-state index in [0.717, 1.165) is 13.0 Å². The Bertz CT molecular complexity index is 530. The molecule has 1 heterocycles. The molecule has 0 aliphatic heterocycles. The molecule has 0 spiro atoms. The normalized spacial score (nSPS) is 12.3. The van der Waals surface area contributed by atoms with Crippen molar-refractivity contribution in [2.24, 2.45) is 0 Å². The molecule has 0 radical (unpaired) electrons. The van der Waals surface area contributed by atoms with Gasteiger partial charge in [-0.1, -0.05) is 69.9 Å². The Labute approximate surface area is 142 Å². The molecule has 124 valence electrons. The number of benzene rings is 1. The van der Waals surface area contributed by atoms with Crippen molar-refractivity contribution in [2.75, 3.05) is 0 Å². The first kappa shape index (κ1) is 17.7. The molecule has 1 atom stereocenters. The molecule has 1 nitrogen and oxygen atoms in total. The van der Waals surface area contributed by atoms with Crippen molar-refractivity contribution in [2.45, 2.75) is 71.3 Å². The van der Waals surface area contributed by atoms with E-state index in [0.29, 0.717) is 5.92 Å². The van der Waals surface area contributed by atoms with E-state index in [4.69, 9.17) is 0 Å². The lowest BCUT2D eigenvalue weighted by Gasteiger charge is -2.15. The summed E-state index contributed by atoms with van der Waals surface area (Å²) in [6.07, 6.45) is 13.8. The number of pyridine rings is 1. The third-order valence-corrected chi connectivity index (χ3v) is 4.70. The van der Waals surface area contributed by atoms with Crippen LogP contribution in [0.1, 0.15) is 75.8 Å². The van der Waals surface area contributed by atoms with Gasteiger partial charge in [-0.2, -0.15) is 0 Å². The fraction of sp³-hybridized carbons (Fsp3) is 0.500. The SMILES string of the molecule is CCCCCCCC[n+]1ccc(C(CC)c2ccccc2)cc1. The average Bonchev–Trinajstić information content (AvgIpc) is 2.61. The monoisotopic (exact) mass is 310 g/mol. The molecule has 1 aromatic carbocycles. The van der Waals surface area contributed by atoms with Crippen LogP contribution < -0.4 is 4.57 Å². The number of unbranched alkanes of at least 4 members (excludes halogenated alkanes) is 5. The quantitative estimate of drug-likeness (QED) is 0.381. The lowest BCUT2D eigenvalue weighted by molar-refractivity contribution is -0.697. The Morgan fingerprint density at radius 1 is 0.739 bits per heavy atom. The number of hydrogen-bond acceptors (Lipinski definition) is 0. The fourth-order valence-electron chi connectivity index (χ4n) is 3.27. The van der Waals surface area contributed by atoms with Crippen LogP contribution in [0.5, 0.6) is 0 Å². The summed E-state index contributed by atoms with van der Waals surface area (Å²) < 4.78 is 2.33. The molecule has 23 heavy (non-hydrogen) atoms. The molecule has 1 heteroatoms. The molecule has 0 saturated heterocycles. The first-order valence-corrected chi connectivity index (χ1v) is 9.39. The van der Waals surface area contributed by atoms with Gasteiger partial charge < -0.3 is 0 Å². The average molecular weight is 311 g/mol. The molecular formula is C22H32N+. The van der Waals surface area contributed by atoms with Gasteiger partial charge >= 0.3 is 0 Å². The van der Waals surface area contributed by atoms with Crippen LogP contribution in [-0.2, 0) is 6.54 Å². The van der Waals surface area contributed by atoms with Crippen LogP contribution in [0.15, 0.2) is 54.9 Å². The van der Waals surface area contributed by atoms with E-state index in [2.05, 4.69) is 73.3 Å². The van der Waals surface area contributed by atoms with Gasteiger partial charge in [-0.25, -0.2) is 4.57 Å². The third kappa shape index (κ3) is 5.82. The molecule has 0 bridgehead atoms. The summed E-state index contributed by atoms with van der Waals surface area (Å²) in [6, 6.07) is 15.5. The molecule has 0 fully saturated rings. The van der Waals surface area contributed by atoms with Crippen molar-refractivity contribution in [1.82, 2.24) is 0 Å². The highest BCUT2D eigenvalue weighted by Crippen LogP contribution is 2.26. The predicted octanol–water partition coefficient (Wildman–Crippen LogP) is 5.88. The molecule has 0 N–H and O–H groups in total. The van der Waals surface area contributed by atoms with E-state index >= 15 is 0 Å². The van der Waals surface area contributed by atoms with Crippen molar-refractivity contribution < 1.29 is 4.57 Å². The highest BCUT2D eigenvalue weighted by molar-refractivity contribution is 5.30. The number of hydrogen-bond donors (Lipinski definition) is 0. The Morgan fingerprint density at radius 2 is 1.35 bits per heavy atom. The zero-order chi connectivity index (χ0) is 16.3. The second-order valence-corrected chi connectivity index (χ2v) is 6.51. The lowest BCUT2D eigenvalue weighted by atomic mass is 9.90. The zero-order valence-electron chi connectivity index (χ0n) is 14.9.